The Morgan fingerprint density at radius 1 is 1.55 bits per heavy atom. The van der Waals surface area contributed by atoms with Gasteiger partial charge in [0.05, 0.1) is 16.2 Å². The Labute approximate surface area is 135 Å². The molecule has 1 unspecified atom stereocenters. The van der Waals surface area contributed by atoms with Gasteiger partial charge in [-0.15, -0.1) is 0 Å². The molecule has 5 nitrogen and oxygen atoms in total. The van der Waals surface area contributed by atoms with Crippen molar-refractivity contribution >= 4 is 28.2 Å². The molecule has 120 valence electrons. The van der Waals surface area contributed by atoms with E-state index in [1.165, 1.54) is 17.3 Å². The number of rotatable bonds is 3. The van der Waals surface area contributed by atoms with Gasteiger partial charge in [0.25, 0.3) is 0 Å². The van der Waals surface area contributed by atoms with Crippen LogP contribution in [0.3, 0.4) is 0 Å². The van der Waals surface area contributed by atoms with Crippen LogP contribution in [0.1, 0.15) is 46.2 Å². The number of H-pyrrole nitrogens is 1. The normalized spacial score (nSPS) is 24.1. The van der Waals surface area contributed by atoms with E-state index >= 15 is 0 Å². The van der Waals surface area contributed by atoms with E-state index in [9.17, 15) is 5.11 Å². The number of thioether (sulfide) groups is 1. The Bertz CT molecular complexity index is 641. The van der Waals surface area contributed by atoms with Crippen LogP contribution in [0.5, 0.6) is 0 Å². The Morgan fingerprint density at radius 3 is 2.86 bits per heavy atom. The van der Waals surface area contributed by atoms with Crippen LogP contribution in [0.15, 0.2) is 10.5 Å². The molecule has 2 aliphatic heterocycles. The monoisotopic (exact) mass is 320 g/mol. The molecule has 0 saturated carbocycles. The average Bonchev–Trinajstić information content (AvgIpc) is 3.10. The van der Waals surface area contributed by atoms with Crippen LogP contribution < -0.4 is 4.90 Å². The SMILES string of the molecule is CC/C(C)=C1\C(=N)Sc2c(N3CCC(C(C)(C)O)C3)n[nH]c21. The molecule has 1 atom stereocenters. The number of aliphatic hydroxyl groups is 1. The minimum absolute atomic E-state index is 0.262. The van der Waals surface area contributed by atoms with Crippen molar-refractivity contribution < 1.29 is 5.11 Å². The lowest BCUT2D eigenvalue weighted by atomic mass is 9.90. The molecule has 3 rings (SSSR count). The highest BCUT2D eigenvalue weighted by atomic mass is 32.2. The first-order valence-electron chi connectivity index (χ1n) is 7.85. The fourth-order valence-electron chi connectivity index (χ4n) is 3.18. The molecule has 1 aromatic rings. The standard InChI is InChI=1S/C16H24N4OS/c1-5-9(2)11-12-13(22-14(11)17)15(19-18-12)20-7-6-10(8-20)16(3,4)21/h10,17,21H,5-8H2,1-4H3,(H,18,19)/b11-9-,17-14?. The lowest BCUT2D eigenvalue weighted by Gasteiger charge is -2.25. The highest BCUT2D eigenvalue weighted by Gasteiger charge is 2.37. The number of hydrogen-bond acceptors (Lipinski definition) is 5. The summed E-state index contributed by atoms with van der Waals surface area (Å²) in [6.07, 6.45) is 1.92. The summed E-state index contributed by atoms with van der Waals surface area (Å²) in [5.41, 5.74) is 2.58. The van der Waals surface area contributed by atoms with Crippen molar-refractivity contribution in [1.29, 1.82) is 5.41 Å². The Balaban J connectivity index is 1.90. The van der Waals surface area contributed by atoms with E-state index in [1.54, 1.807) is 0 Å². The maximum atomic E-state index is 10.2. The Morgan fingerprint density at radius 2 is 2.27 bits per heavy atom. The third kappa shape index (κ3) is 2.48. The van der Waals surface area contributed by atoms with Crippen molar-refractivity contribution in [2.45, 2.75) is 51.0 Å². The largest absolute Gasteiger partial charge is 0.390 e. The lowest BCUT2D eigenvalue weighted by Crippen LogP contribution is -2.33. The smallest absolute Gasteiger partial charge is 0.165 e. The second kappa shape index (κ2) is 5.42. The third-order valence-corrected chi connectivity index (χ3v) is 5.83. The number of nitrogens with zero attached hydrogens (tertiary/aromatic N) is 2. The van der Waals surface area contributed by atoms with Gasteiger partial charge in [-0.25, -0.2) is 0 Å². The topological polar surface area (TPSA) is 76.0 Å². The molecule has 22 heavy (non-hydrogen) atoms. The van der Waals surface area contributed by atoms with Gasteiger partial charge in [-0.3, -0.25) is 10.5 Å². The molecule has 0 radical (unpaired) electrons. The van der Waals surface area contributed by atoms with E-state index in [0.29, 0.717) is 5.04 Å². The van der Waals surface area contributed by atoms with E-state index in [4.69, 9.17) is 5.41 Å². The van der Waals surface area contributed by atoms with Gasteiger partial charge < -0.3 is 10.0 Å². The van der Waals surface area contributed by atoms with Gasteiger partial charge in [0.1, 0.15) is 5.04 Å². The zero-order chi connectivity index (χ0) is 16.1. The highest BCUT2D eigenvalue weighted by molar-refractivity contribution is 8.15. The third-order valence-electron chi connectivity index (χ3n) is 4.83. The van der Waals surface area contributed by atoms with Crippen LogP contribution in [-0.4, -0.2) is 39.0 Å². The van der Waals surface area contributed by atoms with Gasteiger partial charge in [0.2, 0.25) is 0 Å². The molecule has 1 saturated heterocycles. The summed E-state index contributed by atoms with van der Waals surface area (Å²) in [6.45, 7) is 9.69. The minimum Gasteiger partial charge on any atom is -0.390 e. The predicted molar refractivity (Wildman–Crippen MR) is 91.7 cm³/mol. The van der Waals surface area contributed by atoms with Crippen LogP contribution in [0, 0.1) is 11.3 Å². The van der Waals surface area contributed by atoms with Crippen molar-refractivity contribution in [2.24, 2.45) is 5.92 Å². The van der Waals surface area contributed by atoms with Gasteiger partial charge in [-0.2, -0.15) is 5.10 Å². The average molecular weight is 320 g/mol. The first kappa shape index (κ1) is 15.6. The summed E-state index contributed by atoms with van der Waals surface area (Å²) < 4.78 is 0. The van der Waals surface area contributed by atoms with Crippen LogP contribution in [-0.2, 0) is 0 Å². The van der Waals surface area contributed by atoms with E-state index in [2.05, 4.69) is 28.9 Å². The summed E-state index contributed by atoms with van der Waals surface area (Å²) in [4.78, 5) is 3.31. The maximum Gasteiger partial charge on any atom is 0.165 e. The molecule has 3 N–H and O–H groups in total. The molecule has 0 spiro atoms. The Kier molecular flexibility index (Phi) is 3.85. The van der Waals surface area contributed by atoms with E-state index in [1.807, 2.05) is 13.8 Å². The minimum atomic E-state index is -0.655. The molecule has 0 aromatic carbocycles. The van der Waals surface area contributed by atoms with E-state index in [-0.39, 0.29) is 5.92 Å². The maximum absolute atomic E-state index is 10.2. The summed E-state index contributed by atoms with van der Waals surface area (Å²) in [5, 5.41) is 26.7. The number of fused-ring (bicyclic) bond motifs is 1. The number of allylic oxidation sites excluding steroid dienone is 1. The van der Waals surface area contributed by atoms with Crippen molar-refractivity contribution in [3.8, 4) is 0 Å². The molecule has 0 bridgehead atoms. The second-order valence-electron chi connectivity index (χ2n) is 6.78. The number of hydrogen-bond donors (Lipinski definition) is 3. The van der Waals surface area contributed by atoms with Gasteiger partial charge in [-0.05, 0) is 33.6 Å². The summed E-state index contributed by atoms with van der Waals surface area (Å²) >= 11 is 1.50. The number of aromatic amines is 1. The number of aromatic nitrogens is 2. The summed E-state index contributed by atoms with van der Waals surface area (Å²) in [6, 6.07) is 0. The summed E-state index contributed by atoms with van der Waals surface area (Å²) in [7, 11) is 0. The first-order chi connectivity index (χ1) is 10.3. The first-order valence-corrected chi connectivity index (χ1v) is 8.67. The Hall–Kier alpha value is -1.27. The van der Waals surface area contributed by atoms with Crippen LogP contribution in [0.4, 0.5) is 5.82 Å². The van der Waals surface area contributed by atoms with E-state index < -0.39 is 5.60 Å². The van der Waals surface area contributed by atoms with Crippen molar-refractivity contribution in [2.75, 3.05) is 18.0 Å². The van der Waals surface area contributed by atoms with Gasteiger partial charge >= 0.3 is 0 Å². The van der Waals surface area contributed by atoms with Gasteiger partial charge in [-0.1, -0.05) is 24.3 Å². The number of anilines is 1. The molecule has 0 amide bonds. The molecule has 2 aliphatic rings. The molecule has 0 aliphatic carbocycles. The van der Waals surface area contributed by atoms with Crippen molar-refractivity contribution in [1.82, 2.24) is 10.2 Å². The summed E-state index contributed by atoms with van der Waals surface area (Å²) in [5.74, 6) is 1.20. The molecular weight excluding hydrogens is 296 g/mol. The zero-order valence-electron chi connectivity index (χ0n) is 13.7. The molecule has 3 heterocycles. The fraction of sp³-hybridized carbons (Fsp3) is 0.625. The van der Waals surface area contributed by atoms with E-state index in [0.717, 1.165) is 47.9 Å². The van der Waals surface area contributed by atoms with Crippen LogP contribution >= 0.6 is 11.8 Å². The molecule has 1 aromatic heterocycles. The van der Waals surface area contributed by atoms with Crippen LogP contribution in [0.2, 0.25) is 0 Å². The van der Waals surface area contributed by atoms with Crippen molar-refractivity contribution in [3.63, 3.8) is 0 Å². The molecule has 1 fully saturated rings. The number of nitrogens with one attached hydrogen (secondary N) is 2. The predicted octanol–water partition coefficient (Wildman–Crippen LogP) is 3.27. The lowest BCUT2D eigenvalue weighted by molar-refractivity contribution is 0.0263. The van der Waals surface area contributed by atoms with Crippen molar-refractivity contribution in [3.05, 3.63) is 11.3 Å². The van der Waals surface area contributed by atoms with Gasteiger partial charge in [0.15, 0.2) is 5.82 Å². The fourth-order valence-corrected chi connectivity index (χ4v) is 4.28. The quantitative estimate of drug-likeness (QED) is 0.799. The van der Waals surface area contributed by atoms with Crippen LogP contribution in [0.25, 0.3) is 5.57 Å². The highest BCUT2D eigenvalue weighted by Crippen LogP contribution is 2.47. The van der Waals surface area contributed by atoms with Gasteiger partial charge in [0, 0.05) is 24.6 Å². The zero-order valence-corrected chi connectivity index (χ0v) is 14.5. The second-order valence-corrected chi connectivity index (χ2v) is 7.80. The molecule has 6 heteroatoms. The molecular formula is C16H24N4OS.